The molecule has 25 heavy (non-hydrogen) atoms. The molecule has 2 saturated heterocycles. The van der Waals surface area contributed by atoms with E-state index in [9.17, 15) is 4.79 Å². The topological polar surface area (TPSA) is 65.7 Å². The third-order valence-corrected chi connectivity index (χ3v) is 5.37. The third kappa shape index (κ3) is 5.25. The second kappa shape index (κ2) is 8.76. The van der Waals surface area contributed by atoms with Gasteiger partial charge in [-0.1, -0.05) is 12.1 Å². The van der Waals surface area contributed by atoms with E-state index in [1.807, 2.05) is 4.90 Å². The van der Waals surface area contributed by atoms with Crippen LogP contribution in [-0.4, -0.2) is 76.6 Å². The van der Waals surface area contributed by atoms with Crippen LogP contribution in [0, 0.1) is 12.8 Å². The summed E-state index contributed by atoms with van der Waals surface area (Å²) in [6, 6.07) is 0. The van der Waals surface area contributed by atoms with Crippen molar-refractivity contribution in [3.63, 3.8) is 0 Å². The zero-order chi connectivity index (χ0) is 17.6. The predicted octanol–water partition coefficient (Wildman–Crippen LogP) is 1.53. The summed E-state index contributed by atoms with van der Waals surface area (Å²) in [5, 5.41) is 3.95. The lowest BCUT2D eigenvalue weighted by atomic mass is 9.93. The molecular weight excluding hydrogens is 318 g/mol. The van der Waals surface area contributed by atoms with E-state index in [0.717, 1.165) is 51.5 Å². The predicted molar refractivity (Wildman–Crippen MR) is 95.0 cm³/mol. The molecule has 0 radical (unpaired) electrons. The third-order valence-electron chi connectivity index (χ3n) is 5.37. The summed E-state index contributed by atoms with van der Waals surface area (Å²) < 4.78 is 5.02. The van der Waals surface area contributed by atoms with Crippen LogP contribution >= 0.6 is 0 Å². The Hall–Kier alpha value is -1.47. The Morgan fingerprint density at radius 3 is 2.44 bits per heavy atom. The number of aryl methyl sites for hydroxylation is 1. The Morgan fingerprint density at radius 2 is 1.84 bits per heavy atom. The number of aromatic nitrogens is 2. The van der Waals surface area contributed by atoms with Gasteiger partial charge in [-0.25, -0.2) is 0 Å². The fraction of sp³-hybridized carbons (Fsp3) is 0.833. The summed E-state index contributed by atoms with van der Waals surface area (Å²) in [5.41, 5.74) is 0. The molecule has 7 heteroatoms. The van der Waals surface area contributed by atoms with Crippen LogP contribution in [0.25, 0.3) is 0 Å². The number of rotatable bonds is 6. The number of piperidine rings is 1. The lowest BCUT2D eigenvalue weighted by molar-refractivity contribution is -0.134. The minimum atomic E-state index is 0.337. The molecule has 3 rings (SSSR count). The fourth-order valence-electron chi connectivity index (χ4n) is 3.87. The average Bonchev–Trinajstić information content (AvgIpc) is 3.02. The number of amides is 1. The summed E-state index contributed by atoms with van der Waals surface area (Å²) in [7, 11) is 0. The summed E-state index contributed by atoms with van der Waals surface area (Å²) in [6.07, 6.45) is 4.28. The number of hydrogen-bond acceptors (Lipinski definition) is 6. The first-order valence-corrected chi connectivity index (χ1v) is 9.65. The molecule has 0 saturated carbocycles. The number of likely N-dealkylation sites (tertiary alicyclic amines) is 1. The number of hydrogen-bond donors (Lipinski definition) is 0. The molecule has 0 N–H and O–H groups in total. The minimum absolute atomic E-state index is 0.337. The van der Waals surface area contributed by atoms with Crippen molar-refractivity contribution in [2.24, 2.45) is 5.92 Å². The van der Waals surface area contributed by atoms with Crippen LogP contribution in [0.5, 0.6) is 0 Å². The molecule has 140 valence electrons. The van der Waals surface area contributed by atoms with Gasteiger partial charge in [0.25, 0.3) is 0 Å². The number of nitrogens with zero attached hydrogens (tertiary/aromatic N) is 5. The lowest BCUT2D eigenvalue weighted by Gasteiger charge is -2.36. The maximum absolute atomic E-state index is 12.6. The van der Waals surface area contributed by atoms with Gasteiger partial charge in [-0.05, 0) is 44.8 Å². The molecule has 7 nitrogen and oxygen atoms in total. The molecule has 2 aliphatic rings. The van der Waals surface area contributed by atoms with Gasteiger partial charge in [0.15, 0.2) is 5.82 Å². The minimum Gasteiger partial charge on any atom is -0.340 e. The van der Waals surface area contributed by atoms with Crippen molar-refractivity contribution in [3.8, 4) is 0 Å². The lowest BCUT2D eigenvalue weighted by Crippen LogP contribution is -2.49. The van der Waals surface area contributed by atoms with Crippen molar-refractivity contribution in [2.75, 3.05) is 45.8 Å². The monoisotopic (exact) mass is 349 g/mol. The highest BCUT2D eigenvalue weighted by Crippen LogP contribution is 2.22. The van der Waals surface area contributed by atoms with Crippen LogP contribution < -0.4 is 0 Å². The SMILES string of the molecule is CCCN1CCC(CC(=O)N2CCN(Cc3noc(C)n3)CC2)CC1. The molecule has 2 aliphatic heterocycles. The van der Waals surface area contributed by atoms with Crippen LogP contribution in [0.3, 0.4) is 0 Å². The highest BCUT2D eigenvalue weighted by Gasteiger charge is 2.26. The highest BCUT2D eigenvalue weighted by molar-refractivity contribution is 5.76. The second-order valence-corrected chi connectivity index (χ2v) is 7.38. The molecule has 1 aromatic heterocycles. The van der Waals surface area contributed by atoms with E-state index in [2.05, 4.69) is 26.9 Å². The standard InChI is InChI=1S/C18H31N5O2/c1-3-6-21-7-4-16(5-8-21)13-18(24)23-11-9-22(10-12-23)14-17-19-15(2)25-20-17/h16H,3-14H2,1-2H3. The van der Waals surface area contributed by atoms with Gasteiger partial charge < -0.3 is 14.3 Å². The van der Waals surface area contributed by atoms with E-state index < -0.39 is 0 Å². The highest BCUT2D eigenvalue weighted by atomic mass is 16.5. The maximum Gasteiger partial charge on any atom is 0.223 e. The van der Waals surface area contributed by atoms with Gasteiger partial charge in [0.1, 0.15) is 0 Å². The Balaban J connectivity index is 1.37. The van der Waals surface area contributed by atoms with Gasteiger partial charge in [0, 0.05) is 39.5 Å². The summed E-state index contributed by atoms with van der Waals surface area (Å²) in [4.78, 5) is 23.7. The quantitative estimate of drug-likeness (QED) is 0.776. The summed E-state index contributed by atoms with van der Waals surface area (Å²) in [6.45, 7) is 11.6. The van der Waals surface area contributed by atoms with E-state index in [-0.39, 0.29) is 0 Å². The Labute approximate surface area is 150 Å². The van der Waals surface area contributed by atoms with Gasteiger partial charge >= 0.3 is 0 Å². The van der Waals surface area contributed by atoms with E-state index >= 15 is 0 Å². The van der Waals surface area contributed by atoms with Gasteiger partial charge in [0.2, 0.25) is 11.8 Å². The average molecular weight is 349 g/mol. The van der Waals surface area contributed by atoms with Gasteiger partial charge in [0.05, 0.1) is 6.54 Å². The molecule has 2 fully saturated rings. The van der Waals surface area contributed by atoms with Crippen molar-refractivity contribution in [1.29, 1.82) is 0 Å². The van der Waals surface area contributed by atoms with Crippen LogP contribution in [0.2, 0.25) is 0 Å². The van der Waals surface area contributed by atoms with Crippen molar-refractivity contribution in [3.05, 3.63) is 11.7 Å². The summed E-state index contributed by atoms with van der Waals surface area (Å²) >= 11 is 0. The Kier molecular flexibility index (Phi) is 6.42. The van der Waals surface area contributed by atoms with Crippen LogP contribution in [0.15, 0.2) is 4.52 Å². The smallest absolute Gasteiger partial charge is 0.223 e. The van der Waals surface area contributed by atoms with Gasteiger partial charge in [-0.3, -0.25) is 9.69 Å². The zero-order valence-electron chi connectivity index (χ0n) is 15.6. The Morgan fingerprint density at radius 1 is 1.12 bits per heavy atom. The molecule has 3 heterocycles. The Bertz CT molecular complexity index is 545. The molecule has 1 amide bonds. The van der Waals surface area contributed by atoms with E-state index in [0.29, 0.717) is 24.3 Å². The van der Waals surface area contributed by atoms with Crippen molar-refractivity contribution in [2.45, 2.75) is 46.1 Å². The molecule has 0 aliphatic carbocycles. The zero-order valence-corrected chi connectivity index (χ0v) is 15.6. The van der Waals surface area contributed by atoms with Crippen molar-refractivity contribution < 1.29 is 9.32 Å². The van der Waals surface area contributed by atoms with E-state index in [4.69, 9.17) is 4.52 Å². The molecule has 0 unspecified atom stereocenters. The van der Waals surface area contributed by atoms with E-state index in [1.54, 1.807) is 6.92 Å². The van der Waals surface area contributed by atoms with E-state index in [1.165, 1.54) is 25.8 Å². The fourth-order valence-corrected chi connectivity index (χ4v) is 3.87. The summed E-state index contributed by atoms with van der Waals surface area (Å²) in [5.74, 6) is 2.25. The first-order valence-electron chi connectivity index (χ1n) is 9.65. The first-order chi connectivity index (χ1) is 12.1. The molecule has 0 bridgehead atoms. The molecular formula is C18H31N5O2. The normalized spacial score (nSPS) is 21.0. The van der Waals surface area contributed by atoms with Gasteiger partial charge in [-0.2, -0.15) is 4.98 Å². The van der Waals surface area contributed by atoms with Crippen LogP contribution in [0.1, 0.15) is 44.3 Å². The molecule has 0 spiro atoms. The van der Waals surface area contributed by atoms with Crippen molar-refractivity contribution >= 4 is 5.91 Å². The van der Waals surface area contributed by atoms with Crippen LogP contribution in [-0.2, 0) is 11.3 Å². The first kappa shape index (κ1) is 18.3. The second-order valence-electron chi connectivity index (χ2n) is 7.38. The van der Waals surface area contributed by atoms with Crippen LogP contribution in [0.4, 0.5) is 0 Å². The number of carbonyl (C=O) groups excluding carboxylic acids is 1. The maximum atomic E-state index is 12.6. The molecule has 1 aromatic rings. The largest absolute Gasteiger partial charge is 0.340 e. The molecule has 0 aromatic carbocycles. The van der Waals surface area contributed by atoms with Crippen molar-refractivity contribution in [1.82, 2.24) is 24.8 Å². The number of piperazine rings is 1. The number of carbonyl (C=O) groups is 1. The van der Waals surface area contributed by atoms with Gasteiger partial charge in [-0.15, -0.1) is 0 Å². The molecule has 0 atom stereocenters.